The highest BCUT2D eigenvalue weighted by Gasteiger charge is 2.33. The average Bonchev–Trinajstić information content (AvgIpc) is 3.31. The number of benzene rings is 2. The predicted molar refractivity (Wildman–Crippen MR) is 135 cm³/mol. The van der Waals surface area contributed by atoms with Crippen molar-refractivity contribution in [3.8, 4) is 22.8 Å². The first-order valence-electron chi connectivity index (χ1n) is 11.8. The van der Waals surface area contributed by atoms with Crippen molar-refractivity contribution < 1.29 is 19.1 Å². The van der Waals surface area contributed by atoms with Crippen LogP contribution in [0, 0.1) is 6.92 Å². The second kappa shape index (κ2) is 11.4. The number of piperidine rings is 1. The molecule has 0 saturated carbocycles. The molecule has 9 heteroatoms. The maximum absolute atomic E-state index is 13.2. The molecule has 1 aliphatic rings. The first-order valence-corrected chi connectivity index (χ1v) is 12.8. The van der Waals surface area contributed by atoms with E-state index in [-0.39, 0.29) is 17.6 Å². The summed E-state index contributed by atoms with van der Waals surface area (Å²) in [7, 11) is 1.62. The van der Waals surface area contributed by atoms with Crippen LogP contribution in [0.5, 0.6) is 5.75 Å². The van der Waals surface area contributed by atoms with E-state index in [4.69, 9.17) is 9.47 Å². The summed E-state index contributed by atoms with van der Waals surface area (Å²) in [6.07, 6.45) is 2.42. The molecule has 1 fully saturated rings. The van der Waals surface area contributed by atoms with Gasteiger partial charge in [0, 0.05) is 12.2 Å². The zero-order chi connectivity index (χ0) is 24.8. The van der Waals surface area contributed by atoms with Gasteiger partial charge in [0.05, 0.1) is 25.0 Å². The first-order chi connectivity index (χ1) is 17.0. The highest BCUT2D eigenvalue weighted by molar-refractivity contribution is 7.99. The fourth-order valence-corrected chi connectivity index (χ4v) is 5.05. The predicted octanol–water partition coefficient (Wildman–Crippen LogP) is 4.29. The molecule has 1 aliphatic heterocycles. The molecule has 2 heterocycles. The lowest BCUT2D eigenvalue weighted by molar-refractivity contribution is -0.155. The summed E-state index contributed by atoms with van der Waals surface area (Å²) >= 11 is 1.31. The summed E-state index contributed by atoms with van der Waals surface area (Å²) in [6, 6.07) is 15.2. The van der Waals surface area contributed by atoms with Crippen LogP contribution in [-0.2, 0) is 14.3 Å². The van der Waals surface area contributed by atoms with E-state index in [1.165, 1.54) is 11.8 Å². The Morgan fingerprint density at radius 1 is 1.09 bits per heavy atom. The van der Waals surface area contributed by atoms with E-state index in [0.29, 0.717) is 36.3 Å². The molecule has 1 atom stereocenters. The van der Waals surface area contributed by atoms with Gasteiger partial charge in [0.1, 0.15) is 11.8 Å². The molecule has 0 bridgehead atoms. The van der Waals surface area contributed by atoms with Crippen LogP contribution in [0.1, 0.15) is 31.7 Å². The molecule has 0 aliphatic carbocycles. The van der Waals surface area contributed by atoms with Gasteiger partial charge in [-0.15, -0.1) is 10.2 Å². The Balaban J connectivity index is 1.62. The third-order valence-corrected chi connectivity index (χ3v) is 6.89. The van der Waals surface area contributed by atoms with E-state index in [0.717, 1.165) is 29.7 Å². The molecule has 4 rings (SSSR count). The van der Waals surface area contributed by atoms with Crippen LogP contribution < -0.4 is 4.74 Å². The molecule has 1 amide bonds. The minimum Gasteiger partial charge on any atom is -0.496 e. The topological polar surface area (TPSA) is 86.6 Å². The van der Waals surface area contributed by atoms with E-state index in [1.807, 2.05) is 60.0 Å². The fourth-order valence-electron chi connectivity index (χ4n) is 4.22. The van der Waals surface area contributed by atoms with E-state index >= 15 is 0 Å². The quantitative estimate of drug-likeness (QED) is 0.341. The summed E-state index contributed by atoms with van der Waals surface area (Å²) in [5, 5.41) is 9.48. The van der Waals surface area contributed by atoms with E-state index in [9.17, 15) is 9.59 Å². The van der Waals surface area contributed by atoms with Crippen molar-refractivity contribution in [3.05, 3.63) is 54.1 Å². The van der Waals surface area contributed by atoms with Crippen LogP contribution in [0.2, 0.25) is 0 Å². The second-order valence-corrected chi connectivity index (χ2v) is 9.26. The van der Waals surface area contributed by atoms with Crippen LogP contribution in [0.3, 0.4) is 0 Å². The molecule has 1 unspecified atom stereocenters. The minimum atomic E-state index is -0.518. The Morgan fingerprint density at radius 3 is 2.60 bits per heavy atom. The van der Waals surface area contributed by atoms with Crippen LogP contribution in [-0.4, -0.2) is 63.6 Å². The number of rotatable bonds is 8. The molecule has 3 aromatic rings. The van der Waals surface area contributed by atoms with Crippen LogP contribution >= 0.6 is 11.8 Å². The van der Waals surface area contributed by atoms with Crippen molar-refractivity contribution >= 4 is 23.6 Å². The Labute approximate surface area is 209 Å². The smallest absolute Gasteiger partial charge is 0.328 e. The number of carbonyl (C=O) groups is 2. The monoisotopic (exact) mass is 494 g/mol. The molecule has 1 saturated heterocycles. The van der Waals surface area contributed by atoms with Crippen molar-refractivity contribution in [2.24, 2.45) is 0 Å². The lowest BCUT2D eigenvalue weighted by Gasteiger charge is -2.33. The maximum Gasteiger partial charge on any atom is 0.328 e. The summed E-state index contributed by atoms with van der Waals surface area (Å²) in [5.41, 5.74) is 2.83. The number of aromatic nitrogens is 3. The number of thioether (sulfide) groups is 1. The highest BCUT2D eigenvalue weighted by Crippen LogP contribution is 2.33. The van der Waals surface area contributed by atoms with Gasteiger partial charge in [-0.3, -0.25) is 9.36 Å². The SMILES string of the molecule is CCOC(=O)C1CCCCN1C(=O)CSc1nnc(-c2ccccc2OC)n1-c1ccc(C)cc1. The third-order valence-electron chi connectivity index (χ3n) is 5.98. The Hall–Kier alpha value is -3.33. The molecule has 2 aromatic carbocycles. The molecular weight excluding hydrogens is 464 g/mol. The Kier molecular flexibility index (Phi) is 8.07. The number of likely N-dealkylation sites (tertiary alicyclic amines) is 1. The maximum atomic E-state index is 13.2. The zero-order valence-electron chi connectivity index (χ0n) is 20.3. The first kappa shape index (κ1) is 24.8. The minimum absolute atomic E-state index is 0.106. The number of hydrogen-bond donors (Lipinski definition) is 0. The number of ether oxygens (including phenoxy) is 2. The number of methoxy groups -OCH3 is 1. The standard InChI is InChI=1S/C26H30N4O4S/c1-4-34-25(32)21-10-7-8-16-29(21)23(31)17-35-26-28-27-24(20-9-5-6-11-22(20)33-3)30(26)19-14-12-18(2)13-15-19/h5-6,9,11-15,21H,4,7-8,10,16-17H2,1-3H3. The highest BCUT2D eigenvalue weighted by atomic mass is 32.2. The van der Waals surface area contributed by atoms with Crippen LogP contribution in [0.15, 0.2) is 53.7 Å². The summed E-state index contributed by atoms with van der Waals surface area (Å²) < 4.78 is 12.7. The molecule has 0 N–H and O–H groups in total. The van der Waals surface area contributed by atoms with Gasteiger partial charge < -0.3 is 14.4 Å². The molecule has 0 radical (unpaired) electrons. The number of hydrogen-bond acceptors (Lipinski definition) is 7. The molecule has 8 nitrogen and oxygen atoms in total. The van der Waals surface area contributed by atoms with Gasteiger partial charge in [0.2, 0.25) is 5.91 Å². The number of amides is 1. The van der Waals surface area contributed by atoms with Crippen molar-refractivity contribution in [1.29, 1.82) is 0 Å². The van der Waals surface area contributed by atoms with E-state index in [1.54, 1.807) is 18.9 Å². The van der Waals surface area contributed by atoms with Gasteiger partial charge in [-0.1, -0.05) is 41.6 Å². The largest absolute Gasteiger partial charge is 0.496 e. The van der Waals surface area contributed by atoms with E-state index in [2.05, 4.69) is 10.2 Å². The molecule has 184 valence electrons. The molecule has 35 heavy (non-hydrogen) atoms. The van der Waals surface area contributed by atoms with Crippen molar-refractivity contribution in [2.45, 2.75) is 44.3 Å². The molecule has 0 spiro atoms. The summed E-state index contributed by atoms with van der Waals surface area (Å²) in [6.45, 7) is 4.67. The Morgan fingerprint density at radius 2 is 1.86 bits per heavy atom. The number of para-hydroxylation sites is 1. The Bertz CT molecular complexity index is 1180. The van der Waals surface area contributed by atoms with Crippen molar-refractivity contribution in [3.63, 3.8) is 0 Å². The van der Waals surface area contributed by atoms with Crippen molar-refractivity contribution in [2.75, 3.05) is 26.0 Å². The van der Waals surface area contributed by atoms with Gasteiger partial charge in [0.15, 0.2) is 11.0 Å². The molecule has 1 aromatic heterocycles. The van der Waals surface area contributed by atoms with Crippen LogP contribution in [0.25, 0.3) is 17.1 Å². The number of carbonyl (C=O) groups excluding carboxylic acids is 2. The van der Waals surface area contributed by atoms with Crippen LogP contribution in [0.4, 0.5) is 0 Å². The van der Waals surface area contributed by atoms with E-state index < -0.39 is 6.04 Å². The molecular formula is C26H30N4O4S. The van der Waals surface area contributed by atoms with Crippen molar-refractivity contribution in [1.82, 2.24) is 19.7 Å². The summed E-state index contributed by atoms with van der Waals surface area (Å²) in [5.74, 6) is 1.03. The van der Waals surface area contributed by atoms with Gasteiger partial charge >= 0.3 is 5.97 Å². The zero-order valence-corrected chi connectivity index (χ0v) is 21.1. The lowest BCUT2D eigenvalue weighted by Crippen LogP contribution is -2.49. The summed E-state index contributed by atoms with van der Waals surface area (Å²) in [4.78, 5) is 27.2. The van der Waals surface area contributed by atoms with Gasteiger partial charge in [-0.25, -0.2) is 4.79 Å². The third kappa shape index (κ3) is 5.51. The average molecular weight is 495 g/mol. The van der Waals surface area contributed by atoms with Gasteiger partial charge in [-0.2, -0.15) is 0 Å². The second-order valence-electron chi connectivity index (χ2n) is 8.32. The van der Waals surface area contributed by atoms with Gasteiger partial charge in [-0.05, 0) is 57.4 Å². The number of nitrogens with zero attached hydrogens (tertiary/aromatic N) is 4. The fraction of sp³-hybridized carbons (Fsp3) is 0.385. The lowest BCUT2D eigenvalue weighted by atomic mass is 10.0. The normalized spacial score (nSPS) is 15.6. The number of esters is 1. The number of aryl methyl sites for hydroxylation is 1. The van der Waals surface area contributed by atoms with Gasteiger partial charge in [0.25, 0.3) is 0 Å².